The summed E-state index contributed by atoms with van der Waals surface area (Å²) >= 11 is 1.60. The van der Waals surface area contributed by atoms with Gasteiger partial charge in [0.05, 0.1) is 5.56 Å². The normalized spacial score (nSPS) is 14.8. The molecule has 0 radical (unpaired) electrons. The molecule has 0 fully saturated rings. The summed E-state index contributed by atoms with van der Waals surface area (Å²) in [7, 11) is 0. The number of carboxylic acids is 1. The van der Waals surface area contributed by atoms with Crippen molar-refractivity contribution in [3.8, 4) is 0 Å². The second-order valence-corrected chi connectivity index (χ2v) is 6.65. The van der Waals surface area contributed by atoms with Crippen LogP contribution in [0.25, 0.3) is 0 Å². The van der Waals surface area contributed by atoms with Crippen LogP contribution in [0.3, 0.4) is 0 Å². The summed E-state index contributed by atoms with van der Waals surface area (Å²) < 4.78 is 0. The van der Waals surface area contributed by atoms with Crippen molar-refractivity contribution < 1.29 is 14.7 Å². The highest BCUT2D eigenvalue weighted by Crippen LogP contribution is 2.30. The highest BCUT2D eigenvalue weighted by molar-refractivity contribution is 7.10. The fraction of sp³-hybridized carbons (Fsp3) is 0.353. The summed E-state index contributed by atoms with van der Waals surface area (Å²) in [6.07, 6.45) is 7.65. The highest BCUT2D eigenvalue weighted by atomic mass is 32.1. The van der Waals surface area contributed by atoms with Crippen LogP contribution >= 0.6 is 11.3 Å². The molecule has 1 atom stereocenters. The standard InChI is InChI=1S/C17H18N2O3S/c20-16(13-10-23-15-4-2-1-3-12(13)15)19-14(17(21)22)9-11-5-7-18-8-6-11/h5-8,10,14H,1-4,9H2,(H,19,20)(H,21,22). The van der Waals surface area contributed by atoms with E-state index in [1.165, 1.54) is 4.88 Å². The van der Waals surface area contributed by atoms with Crippen LogP contribution in [0.2, 0.25) is 0 Å². The number of carbonyl (C=O) groups excluding carboxylic acids is 1. The molecule has 6 heteroatoms. The van der Waals surface area contributed by atoms with E-state index in [1.54, 1.807) is 35.9 Å². The molecule has 5 nitrogen and oxygen atoms in total. The minimum Gasteiger partial charge on any atom is -0.480 e. The molecule has 0 aliphatic heterocycles. The van der Waals surface area contributed by atoms with Crippen LogP contribution in [-0.2, 0) is 24.1 Å². The Morgan fingerprint density at radius 2 is 2.00 bits per heavy atom. The Balaban J connectivity index is 1.74. The number of aromatic nitrogens is 1. The molecule has 23 heavy (non-hydrogen) atoms. The molecule has 0 aromatic carbocycles. The van der Waals surface area contributed by atoms with Gasteiger partial charge >= 0.3 is 5.97 Å². The van der Waals surface area contributed by atoms with Gasteiger partial charge in [0.1, 0.15) is 6.04 Å². The van der Waals surface area contributed by atoms with Crippen LogP contribution in [0, 0.1) is 0 Å². The van der Waals surface area contributed by atoms with Gasteiger partial charge in [-0.1, -0.05) is 0 Å². The smallest absolute Gasteiger partial charge is 0.326 e. The molecule has 120 valence electrons. The van der Waals surface area contributed by atoms with E-state index in [2.05, 4.69) is 10.3 Å². The van der Waals surface area contributed by atoms with E-state index in [0.29, 0.717) is 5.56 Å². The van der Waals surface area contributed by atoms with Crippen molar-refractivity contribution in [2.45, 2.75) is 38.1 Å². The van der Waals surface area contributed by atoms with Gasteiger partial charge in [-0.25, -0.2) is 4.79 Å². The Kier molecular flexibility index (Phi) is 4.71. The van der Waals surface area contributed by atoms with Crippen molar-refractivity contribution >= 4 is 23.2 Å². The van der Waals surface area contributed by atoms with E-state index in [-0.39, 0.29) is 12.3 Å². The first-order chi connectivity index (χ1) is 11.1. The molecule has 1 aliphatic rings. The van der Waals surface area contributed by atoms with Crippen LogP contribution in [0.1, 0.15) is 39.2 Å². The second kappa shape index (κ2) is 6.91. The predicted molar refractivity (Wildman–Crippen MR) is 87.8 cm³/mol. The van der Waals surface area contributed by atoms with Crippen LogP contribution < -0.4 is 5.32 Å². The molecular formula is C17H18N2O3S. The Hall–Kier alpha value is -2.21. The number of carbonyl (C=O) groups is 2. The van der Waals surface area contributed by atoms with Crippen LogP contribution in [0.5, 0.6) is 0 Å². The third-order valence-corrected chi connectivity index (χ3v) is 5.19. The van der Waals surface area contributed by atoms with E-state index >= 15 is 0 Å². The minimum atomic E-state index is -1.03. The lowest BCUT2D eigenvalue weighted by Gasteiger charge is -2.16. The number of pyridine rings is 1. The lowest BCUT2D eigenvalue weighted by molar-refractivity contribution is -0.139. The van der Waals surface area contributed by atoms with Crippen molar-refractivity contribution in [2.75, 3.05) is 0 Å². The molecule has 1 aliphatic carbocycles. The number of nitrogens with one attached hydrogen (secondary N) is 1. The summed E-state index contributed by atoms with van der Waals surface area (Å²) in [6, 6.07) is 2.58. The topological polar surface area (TPSA) is 79.3 Å². The van der Waals surface area contributed by atoms with Crippen LogP contribution in [0.15, 0.2) is 29.9 Å². The molecule has 1 amide bonds. The van der Waals surface area contributed by atoms with Gasteiger partial charge in [-0.2, -0.15) is 0 Å². The maximum atomic E-state index is 12.5. The Labute approximate surface area is 138 Å². The SMILES string of the molecule is O=C(NC(Cc1ccncc1)C(=O)O)c1csc2c1CCCC2. The molecule has 2 aromatic rings. The maximum absolute atomic E-state index is 12.5. The maximum Gasteiger partial charge on any atom is 0.326 e. The molecule has 3 rings (SSSR count). The van der Waals surface area contributed by atoms with Gasteiger partial charge in [0, 0.05) is 29.1 Å². The molecule has 2 heterocycles. The second-order valence-electron chi connectivity index (χ2n) is 5.68. The molecule has 0 saturated heterocycles. The van der Waals surface area contributed by atoms with Gasteiger partial charge in [0.15, 0.2) is 0 Å². The third kappa shape index (κ3) is 3.59. The van der Waals surface area contributed by atoms with E-state index in [9.17, 15) is 14.7 Å². The number of aryl methyl sites for hydroxylation is 1. The van der Waals surface area contributed by atoms with Crippen LogP contribution in [-0.4, -0.2) is 28.0 Å². The van der Waals surface area contributed by atoms with E-state index in [4.69, 9.17) is 0 Å². The molecule has 0 saturated carbocycles. The van der Waals surface area contributed by atoms with Crippen molar-refractivity contribution in [1.82, 2.24) is 10.3 Å². The Bertz CT molecular complexity index is 712. The monoisotopic (exact) mass is 330 g/mol. The lowest BCUT2D eigenvalue weighted by atomic mass is 9.95. The summed E-state index contributed by atoms with van der Waals surface area (Å²) in [5, 5.41) is 13.9. The van der Waals surface area contributed by atoms with E-state index in [0.717, 1.165) is 36.8 Å². The predicted octanol–water partition coefficient (Wildman–Crippen LogP) is 2.45. The van der Waals surface area contributed by atoms with Gasteiger partial charge in [-0.05, 0) is 48.9 Å². The first kappa shape index (κ1) is 15.7. The average molecular weight is 330 g/mol. The van der Waals surface area contributed by atoms with Crippen molar-refractivity contribution in [3.05, 3.63) is 51.5 Å². The number of fused-ring (bicyclic) bond motifs is 1. The fourth-order valence-corrected chi connectivity index (χ4v) is 4.00. The molecule has 0 bridgehead atoms. The first-order valence-corrected chi connectivity index (χ1v) is 8.55. The Morgan fingerprint density at radius 3 is 2.74 bits per heavy atom. The Morgan fingerprint density at radius 1 is 1.26 bits per heavy atom. The zero-order valence-corrected chi connectivity index (χ0v) is 13.4. The first-order valence-electron chi connectivity index (χ1n) is 7.67. The summed E-state index contributed by atoms with van der Waals surface area (Å²) in [5.41, 5.74) is 2.58. The molecule has 2 aromatic heterocycles. The number of aliphatic carboxylic acids is 1. The van der Waals surface area contributed by atoms with Crippen molar-refractivity contribution in [2.24, 2.45) is 0 Å². The molecule has 1 unspecified atom stereocenters. The van der Waals surface area contributed by atoms with Gasteiger partial charge in [0.25, 0.3) is 5.91 Å². The third-order valence-electron chi connectivity index (χ3n) is 4.10. The molecule has 2 N–H and O–H groups in total. The van der Waals surface area contributed by atoms with Gasteiger partial charge in [-0.3, -0.25) is 9.78 Å². The number of nitrogens with zero attached hydrogens (tertiary/aromatic N) is 1. The van der Waals surface area contributed by atoms with Gasteiger partial charge < -0.3 is 10.4 Å². The number of hydrogen-bond acceptors (Lipinski definition) is 4. The molecule has 0 spiro atoms. The van der Waals surface area contributed by atoms with Crippen molar-refractivity contribution in [3.63, 3.8) is 0 Å². The number of thiophene rings is 1. The number of carboxylic acid groups (broad SMARTS) is 1. The number of rotatable bonds is 5. The quantitative estimate of drug-likeness (QED) is 0.882. The zero-order valence-electron chi connectivity index (χ0n) is 12.6. The largest absolute Gasteiger partial charge is 0.480 e. The minimum absolute atomic E-state index is 0.246. The molecular weight excluding hydrogens is 312 g/mol. The fourth-order valence-electron chi connectivity index (χ4n) is 2.87. The highest BCUT2D eigenvalue weighted by Gasteiger charge is 2.25. The van der Waals surface area contributed by atoms with Gasteiger partial charge in [-0.15, -0.1) is 11.3 Å². The summed E-state index contributed by atoms with van der Waals surface area (Å²) in [6.45, 7) is 0. The lowest BCUT2D eigenvalue weighted by Crippen LogP contribution is -2.42. The summed E-state index contributed by atoms with van der Waals surface area (Å²) in [4.78, 5) is 29.2. The van der Waals surface area contributed by atoms with Gasteiger partial charge in [0.2, 0.25) is 0 Å². The van der Waals surface area contributed by atoms with Crippen molar-refractivity contribution in [1.29, 1.82) is 0 Å². The zero-order chi connectivity index (χ0) is 16.2. The number of hydrogen-bond donors (Lipinski definition) is 2. The van der Waals surface area contributed by atoms with E-state index in [1.807, 2.05) is 5.38 Å². The summed E-state index contributed by atoms with van der Waals surface area (Å²) in [5.74, 6) is -1.31. The number of amides is 1. The van der Waals surface area contributed by atoms with Crippen LogP contribution in [0.4, 0.5) is 0 Å². The van der Waals surface area contributed by atoms with E-state index < -0.39 is 12.0 Å². The average Bonchev–Trinajstić information content (AvgIpc) is 2.99.